The third kappa shape index (κ3) is 1.93. The van der Waals surface area contributed by atoms with Crippen molar-refractivity contribution in [2.75, 3.05) is 0 Å². The van der Waals surface area contributed by atoms with Gasteiger partial charge in [0.15, 0.2) is 0 Å². The molecule has 0 saturated carbocycles. The van der Waals surface area contributed by atoms with Gasteiger partial charge in [-0.25, -0.2) is 4.79 Å². The summed E-state index contributed by atoms with van der Waals surface area (Å²) in [4.78, 5) is 10.3. The van der Waals surface area contributed by atoms with E-state index in [4.69, 9.17) is 5.11 Å². The minimum absolute atomic E-state index is 0.298. The molecule has 4 heteroatoms. The number of H-pyrrole nitrogens is 1. The quantitative estimate of drug-likeness (QED) is 0.618. The Labute approximate surface area is 63.6 Å². The molecular weight excluding hydrogens is 144 g/mol. The van der Waals surface area contributed by atoms with E-state index in [1.807, 2.05) is 0 Å². The number of hydrogen-bond acceptors (Lipinski definition) is 2. The van der Waals surface area contributed by atoms with Gasteiger partial charge in [0, 0.05) is 17.3 Å². The molecule has 0 fully saturated rings. The van der Waals surface area contributed by atoms with Gasteiger partial charge in [-0.15, -0.1) is 0 Å². The Bertz CT molecular complexity index is 275. The number of nitrogens with one attached hydrogen (secondary N) is 1. The Morgan fingerprint density at radius 2 is 2.55 bits per heavy atom. The van der Waals surface area contributed by atoms with Gasteiger partial charge < -0.3 is 5.11 Å². The Morgan fingerprint density at radius 3 is 3.00 bits per heavy atom. The fourth-order valence-electron chi connectivity index (χ4n) is 0.652. The summed E-state index contributed by atoms with van der Waals surface area (Å²) in [6, 6.07) is 0. The lowest BCUT2D eigenvalue weighted by molar-refractivity contribution is -0.132. The van der Waals surface area contributed by atoms with Crippen LogP contribution in [0.5, 0.6) is 0 Å². The number of aliphatic carboxylic acids is 1. The van der Waals surface area contributed by atoms with Crippen molar-refractivity contribution in [3.8, 4) is 0 Å². The highest BCUT2D eigenvalue weighted by Gasteiger charge is 1.99. The number of nitrogens with zero attached hydrogens (tertiary/aromatic N) is 1. The average molecular weight is 152 g/mol. The van der Waals surface area contributed by atoms with Gasteiger partial charge in [-0.3, -0.25) is 5.10 Å². The monoisotopic (exact) mass is 152 g/mol. The van der Waals surface area contributed by atoms with Crippen molar-refractivity contribution in [3.05, 3.63) is 23.5 Å². The van der Waals surface area contributed by atoms with Crippen LogP contribution < -0.4 is 0 Å². The molecule has 0 aliphatic carbocycles. The van der Waals surface area contributed by atoms with Crippen LogP contribution in [-0.2, 0) is 4.79 Å². The minimum Gasteiger partial charge on any atom is -0.478 e. The molecule has 0 aliphatic heterocycles. The fourth-order valence-corrected chi connectivity index (χ4v) is 0.652. The fraction of sp³-hybridized carbons (Fsp3) is 0.143. The molecule has 0 amide bonds. The largest absolute Gasteiger partial charge is 0.478 e. The zero-order valence-corrected chi connectivity index (χ0v) is 6.03. The molecule has 0 saturated heterocycles. The van der Waals surface area contributed by atoms with Gasteiger partial charge in [-0.1, -0.05) is 0 Å². The van der Waals surface area contributed by atoms with Crippen LogP contribution in [0.3, 0.4) is 0 Å². The first kappa shape index (κ1) is 7.53. The molecule has 1 aromatic rings. The summed E-state index contributed by atoms with van der Waals surface area (Å²) < 4.78 is 0. The SMILES string of the molecule is C/C(=C\c1cn[nH]c1)C(=O)O. The van der Waals surface area contributed by atoms with Crippen LogP contribution in [0.1, 0.15) is 12.5 Å². The van der Waals surface area contributed by atoms with E-state index in [2.05, 4.69) is 10.2 Å². The number of carboxylic acids is 1. The summed E-state index contributed by atoms with van der Waals surface area (Å²) in [7, 11) is 0. The van der Waals surface area contributed by atoms with Gasteiger partial charge >= 0.3 is 5.97 Å². The molecule has 0 spiro atoms. The summed E-state index contributed by atoms with van der Waals surface area (Å²) in [5, 5.41) is 14.7. The molecule has 1 aromatic heterocycles. The highest BCUT2D eigenvalue weighted by Crippen LogP contribution is 2.02. The summed E-state index contributed by atoms with van der Waals surface area (Å²) >= 11 is 0. The molecule has 0 atom stereocenters. The van der Waals surface area contributed by atoms with Crippen LogP contribution in [0.4, 0.5) is 0 Å². The number of aromatic nitrogens is 2. The zero-order chi connectivity index (χ0) is 8.27. The second-order valence-corrected chi connectivity index (χ2v) is 2.16. The average Bonchev–Trinajstić information content (AvgIpc) is 2.39. The Balaban J connectivity index is 2.82. The van der Waals surface area contributed by atoms with Gasteiger partial charge in [0.1, 0.15) is 0 Å². The lowest BCUT2D eigenvalue weighted by atomic mass is 10.2. The lowest BCUT2D eigenvalue weighted by Gasteiger charge is -1.88. The predicted molar refractivity (Wildman–Crippen MR) is 39.9 cm³/mol. The number of aromatic amines is 1. The normalized spacial score (nSPS) is 11.5. The molecule has 0 aromatic carbocycles. The second kappa shape index (κ2) is 3.01. The first-order chi connectivity index (χ1) is 5.20. The molecule has 1 rings (SSSR count). The van der Waals surface area contributed by atoms with E-state index in [0.717, 1.165) is 5.56 Å². The maximum Gasteiger partial charge on any atom is 0.331 e. The minimum atomic E-state index is -0.911. The van der Waals surface area contributed by atoms with Crippen molar-refractivity contribution in [3.63, 3.8) is 0 Å². The first-order valence-corrected chi connectivity index (χ1v) is 3.10. The third-order valence-corrected chi connectivity index (χ3v) is 1.24. The van der Waals surface area contributed by atoms with E-state index in [-0.39, 0.29) is 0 Å². The molecule has 58 valence electrons. The maximum atomic E-state index is 10.3. The van der Waals surface area contributed by atoms with E-state index in [1.165, 1.54) is 6.92 Å². The van der Waals surface area contributed by atoms with Crippen molar-refractivity contribution < 1.29 is 9.90 Å². The Hall–Kier alpha value is -1.58. The number of carboxylic acid groups (broad SMARTS) is 1. The summed E-state index contributed by atoms with van der Waals surface area (Å²) in [6.45, 7) is 1.54. The van der Waals surface area contributed by atoms with Crippen LogP contribution in [0, 0.1) is 0 Å². The van der Waals surface area contributed by atoms with Crippen molar-refractivity contribution in [2.45, 2.75) is 6.92 Å². The topological polar surface area (TPSA) is 66.0 Å². The standard InChI is InChI=1S/C7H8N2O2/c1-5(7(10)11)2-6-3-8-9-4-6/h2-4H,1H3,(H,8,9)(H,10,11)/b5-2+. The van der Waals surface area contributed by atoms with Crippen molar-refractivity contribution in [1.82, 2.24) is 10.2 Å². The van der Waals surface area contributed by atoms with Crippen molar-refractivity contribution in [1.29, 1.82) is 0 Å². The molecule has 0 aliphatic rings. The van der Waals surface area contributed by atoms with E-state index < -0.39 is 5.97 Å². The second-order valence-electron chi connectivity index (χ2n) is 2.16. The van der Waals surface area contributed by atoms with E-state index in [9.17, 15) is 4.79 Å². The first-order valence-electron chi connectivity index (χ1n) is 3.10. The van der Waals surface area contributed by atoms with Crippen LogP contribution in [0.2, 0.25) is 0 Å². The van der Waals surface area contributed by atoms with Gasteiger partial charge in [-0.2, -0.15) is 5.10 Å². The Kier molecular flexibility index (Phi) is 2.06. The van der Waals surface area contributed by atoms with E-state index in [1.54, 1.807) is 18.5 Å². The number of rotatable bonds is 2. The lowest BCUT2D eigenvalue weighted by Crippen LogP contribution is -1.94. The molecular formula is C7H8N2O2. The van der Waals surface area contributed by atoms with Gasteiger partial charge in [0.05, 0.1) is 6.20 Å². The van der Waals surface area contributed by atoms with Gasteiger partial charge in [-0.05, 0) is 13.0 Å². The summed E-state index contributed by atoms with van der Waals surface area (Å²) in [5.74, 6) is -0.911. The predicted octanol–water partition coefficient (Wildman–Crippen LogP) is 0.898. The number of carbonyl (C=O) groups is 1. The zero-order valence-electron chi connectivity index (χ0n) is 6.03. The molecule has 2 N–H and O–H groups in total. The molecule has 0 unspecified atom stereocenters. The Morgan fingerprint density at radius 1 is 1.82 bits per heavy atom. The van der Waals surface area contributed by atoms with Crippen LogP contribution in [0.25, 0.3) is 6.08 Å². The van der Waals surface area contributed by atoms with Gasteiger partial charge in [0.25, 0.3) is 0 Å². The number of hydrogen-bond donors (Lipinski definition) is 2. The molecule has 4 nitrogen and oxygen atoms in total. The van der Waals surface area contributed by atoms with Crippen LogP contribution in [-0.4, -0.2) is 21.3 Å². The maximum absolute atomic E-state index is 10.3. The molecule has 1 heterocycles. The summed E-state index contributed by atoms with van der Waals surface area (Å²) in [6.07, 6.45) is 4.74. The highest BCUT2D eigenvalue weighted by molar-refractivity contribution is 5.91. The van der Waals surface area contributed by atoms with Crippen LogP contribution >= 0.6 is 0 Å². The van der Waals surface area contributed by atoms with E-state index >= 15 is 0 Å². The molecule has 11 heavy (non-hydrogen) atoms. The molecule has 0 bridgehead atoms. The summed E-state index contributed by atoms with van der Waals surface area (Å²) in [5.41, 5.74) is 1.07. The highest BCUT2D eigenvalue weighted by atomic mass is 16.4. The van der Waals surface area contributed by atoms with Crippen molar-refractivity contribution >= 4 is 12.0 Å². The van der Waals surface area contributed by atoms with Crippen molar-refractivity contribution in [2.24, 2.45) is 0 Å². The third-order valence-electron chi connectivity index (χ3n) is 1.24. The van der Waals surface area contributed by atoms with Crippen LogP contribution in [0.15, 0.2) is 18.0 Å². The van der Waals surface area contributed by atoms with E-state index in [0.29, 0.717) is 5.57 Å². The molecule has 0 radical (unpaired) electrons. The smallest absolute Gasteiger partial charge is 0.331 e. The van der Waals surface area contributed by atoms with Gasteiger partial charge in [0.2, 0.25) is 0 Å².